The second-order valence-corrected chi connectivity index (χ2v) is 4.32. The van der Waals surface area contributed by atoms with Crippen LogP contribution < -0.4 is 0 Å². The summed E-state index contributed by atoms with van der Waals surface area (Å²) < 4.78 is 9.67. The Balaban J connectivity index is 2.75. The van der Waals surface area contributed by atoms with Crippen molar-refractivity contribution >= 4 is 12.0 Å². The number of carbonyl (C=O) groups excluding carboxylic acids is 1. The molecule has 108 valence electrons. The summed E-state index contributed by atoms with van der Waals surface area (Å²) in [5.74, 6) is -0.478. The number of esters is 1. The maximum absolute atomic E-state index is 11.2. The summed E-state index contributed by atoms with van der Waals surface area (Å²) in [5, 5.41) is 10.1. The lowest BCUT2D eigenvalue weighted by molar-refractivity contribution is -0.135. The normalized spacial score (nSPS) is 14.9. The number of aliphatic hydroxyl groups is 1. The zero-order chi connectivity index (χ0) is 15.0. The summed E-state index contributed by atoms with van der Waals surface area (Å²) >= 11 is 0. The summed E-state index contributed by atoms with van der Waals surface area (Å²) in [7, 11) is 2.75. The van der Waals surface area contributed by atoms with Gasteiger partial charge >= 0.3 is 5.97 Å². The Bertz CT molecular complexity index is 477. The number of carbonyl (C=O) groups is 1. The average molecular weight is 276 g/mol. The molecule has 0 fully saturated rings. The van der Waals surface area contributed by atoms with Gasteiger partial charge in [0.15, 0.2) is 0 Å². The molecular formula is C16H20O4. The number of ether oxygens (including phenoxy) is 2. The summed E-state index contributed by atoms with van der Waals surface area (Å²) in [6, 6.07) is 9.66. The largest absolute Gasteiger partial charge is 0.500 e. The maximum atomic E-state index is 11.2. The predicted octanol–water partition coefficient (Wildman–Crippen LogP) is 2.40. The van der Waals surface area contributed by atoms with Crippen LogP contribution in [0.3, 0.4) is 0 Å². The molecule has 4 heteroatoms. The van der Waals surface area contributed by atoms with E-state index in [1.54, 1.807) is 13.0 Å². The van der Waals surface area contributed by atoms with Crippen molar-refractivity contribution in [3.63, 3.8) is 0 Å². The van der Waals surface area contributed by atoms with Gasteiger partial charge in [-0.25, -0.2) is 4.79 Å². The van der Waals surface area contributed by atoms with Gasteiger partial charge in [-0.05, 0) is 5.56 Å². The van der Waals surface area contributed by atoms with E-state index in [9.17, 15) is 9.90 Å². The van der Waals surface area contributed by atoms with E-state index in [-0.39, 0.29) is 5.92 Å². The van der Waals surface area contributed by atoms with Crippen LogP contribution in [-0.2, 0) is 14.3 Å². The highest BCUT2D eigenvalue weighted by molar-refractivity contribution is 5.82. The lowest BCUT2D eigenvalue weighted by Crippen LogP contribution is -2.19. The molecule has 1 aromatic rings. The number of aliphatic hydroxyl groups excluding tert-OH is 1. The standard InChI is InChI=1S/C16H20O4/c1-12(15(19-2)11-16(18)20-3)14(17)10-9-13-7-5-4-6-8-13/h4-12,14,17H,1-3H3/b10-9+,15-11+/t12-,14+/m1/s1. The van der Waals surface area contributed by atoms with Crippen LogP contribution in [0.2, 0.25) is 0 Å². The molecule has 0 amide bonds. The fourth-order valence-corrected chi connectivity index (χ4v) is 1.66. The molecule has 0 bridgehead atoms. The van der Waals surface area contributed by atoms with Gasteiger partial charge in [0.05, 0.1) is 26.4 Å². The maximum Gasteiger partial charge on any atom is 0.333 e. The molecule has 1 aromatic carbocycles. The minimum atomic E-state index is -0.758. The van der Waals surface area contributed by atoms with Crippen molar-refractivity contribution in [1.82, 2.24) is 0 Å². The Morgan fingerprint density at radius 2 is 1.85 bits per heavy atom. The van der Waals surface area contributed by atoms with Crippen LogP contribution in [0.15, 0.2) is 48.2 Å². The zero-order valence-electron chi connectivity index (χ0n) is 11.9. The zero-order valence-corrected chi connectivity index (χ0v) is 11.9. The van der Waals surface area contributed by atoms with Crippen LogP contribution in [0, 0.1) is 5.92 Å². The Hall–Kier alpha value is -2.07. The summed E-state index contributed by atoms with van der Waals surface area (Å²) in [5.41, 5.74) is 0.995. The van der Waals surface area contributed by atoms with Gasteiger partial charge in [0, 0.05) is 5.92 Å². The number of hydrogen-bond donors (Lipinski definition) is 1. The third-order valence-electron chi connectivity index (χ3n) is 2.94. The molecule has 0 radical (unpaired) electrons. The van der Waals surface area contributed by atoms with E-state index in [1.165, 1.54) is 20.3 Å². The van der Waals surface area contributed by atoms with Gasteiger partial charge in [-0.2, -0.15) is 0 Å². The minimum absolute atomic E-state index is 0.348. The van der Waals surface area contributed by atoms with Crippen molar-refractivity contribution in [2.75, 3.05) is 14.2 Å². The van der Waals surface area contributed by atoms with Gasteiger partial charge in [0.25, 0.3) is 0 Å². The van der Waals surface area contributed by atoms with Crippen molar-refractivity contribution in [1.29, 1.82) is 0 Å². The SMILES string of the molecule is COC(=O)/C=C(/OC)[C@H](C)[C@@H](O)/C=C/c1ccccc1. The van der Waals surface area contributed by atoms with E-state index >= 15 is 0 Å². The Morgan fingerprint density at radius 1 is 1.20 bits per heavy atom. The van der Waals surface area contributed by atoms with Crippen molar-refractivity contribution in [3.05, 3.63) is 53.8 Å². The molecule has 0 saturated carbocycles. The molecule has 1 rings (SSSR count). The molecule has 4 nitrogen and oxygen atoms in total. The quantitative estimate of drug-likeness (QED) is 0.492. The van der Waals surface area contributed by atoms with Gasteiger partial charge in [-0.15, -0.1) is 0 Å². The van der Waals surface area contributed by atoms with Gasteiger partial charge in [0.2, 0.25) is 0 Å². The topological polar surface area (TPSA) is 55.8 Å². The Labute approximate surface area is 119 Å². The van der Waals surface area contributed by atoms with E-state index in [2.05, 4.69) is 4.74 Å². The highest BCUT2D eigenvalue weighted by Gasteiger charge is 2.18. The van der Waals surface area contributed by atoms with Crippen molar-refractivity contribution in [2.24, 2.45) is 5.92 Å². The monoisotopic (exact) mass is 276 g/mol. The van der Waals surface area contributed by atoms with Crippen molar-refractivity contribution in [2.45, 2.75) is 13.0 Å². The van der Waals surface area contributed by atoms with E-state index in [4.69, 9.17) is 4.74 Å². The first-order valence-electron chi connectivity index (χ1n) is 6.33. The van der Waals surface area contributed by atoms with E-state index in [0.717, 1.165) is 5.56 Å². The fourth-order valence-electron chi connectivity index (χ4n) is 1.66. The van der Waals surface area contributed by atoms with Crippen molar-refractivity contribution < 1.29 is 19.4 Å². The van der Waals surface area contributed by atoms with Crippen LogP contribution in [0.1, 0.15) is 12.5 Å². The molecule has 0 unspecified atom stereocenters. The Kier molecular flexibility index (Phi) is 6.53. The van der Waals surface area contributed by atoms with E-state index < -0.39 is 12.1 Å². The third kappa shape index (κ3) is 4.90. The summed E-state index contributed by atoms with van der Waals surface area (Å²) in [4.78, 5) is 11.2. The summed E-state index contributed by atoms with van der Waals surface area (Å²) in [6.45, 7) is 1.78. The number of methoxy groups -OCH3 is 2. The lowest BCUT2D eigenvalue weighted by atomic mass is 10.0. The van der Waals surface area contributed by atoms with Crippen LogP contribution in [0.4, 0.5) is 0 Å². The van der Waals surface area contributed by atoms with E-state index in [0.29, 0.717) is 5.76 Å². The van der Waals surface area contributed by atoms with Crippen LogP contribution >= 0.6 is 0 Å². The van der Waals surface area contributed by atoms with Crippen molar-refractivity contribution in [3.8, 4) is 0 Å². The highest BCUT2D eigenvalue weighted by atomic mass is 16.5. The number of hydrogen-bond acceptors (Lipinski definition) is 4. The van der Waals surface area contributed by atoms with Gasteiger partial charge in [0.1, 0.15) is 5.76 Å². The molecule has 0 aliphatic carbocycles. The van der Waals surface area contributed by atoms with Gasteiger partial charge < -0.3 is 14.6 Å². The molecule has 0 spiro atoms. The lowest BCUT2D eigenvalue weighted by Gasteiger charge is -2.18. The molecule has 0 aliphatic heterocycles. The predicted molar refractivity (Wildman–Crippen MR) is 77.8 cm³/mol. The first-order valence-corrected chi connectivity index (χ1v) is 6.33. The van der Waals surface area contributed by atoms with E-state index in [1.807, 2.05) is 36.4 Å². The van der Waals surface area contributed by atoms with Crippen LogP contribution in [-0.4, -0.2) is 31.4 Å². The molecule has 2 atom stereocenters. The molecule has 20 heavy (non-hydrogen) atoms. The fraction of sp³-hybridized carbons (Fsp3) is 0.312. The van der Waals surface area contributed by atoms with Crippen LogP contribution in [0.5, 0.6) is 0 Å². The smallest absolute Gasteiger partial charge is 0.333 e. The Morgan fingerprint density at radius 3 is 2.40 bits per heavy atom. The number of rotatable bonds is 6. The second kappa shape index (κ2) is 8.17. The molecular weight excluding hydrogens is 256 g/mol. The minimum Gasteiger partial charge on any atom is -0.500 e. The second-order valence-electron chi connectivity index (χ2n) is 4.32. The molecule has 0 saturated heterocycles. The highest BCUT2D eigenvalue weighted by Crippen LogP contribution is 2.17. The summed E-state index contributed by atoms with van der Waals surface area (Å²) in [6.07, 6.45) is 3.98. The third-order valence-corrected chi connectivity index (χ3v) is 2.94. The molecule has 0 heterocycles. The van der Waals surface area contributed by atoms with Crippen LogP contribution in [0.25, 0.3) is 6.08 Å². The average Bonchev–Trinajstić information content (AvgIpc) is 2.50. The molecule has 0 aliphatic rings. The molecule has 0 aromatic heterocycles. The van der Waals surface area contributed by atoms with Gasteiger partial charge in [-0.3, -0.25) is 0 Å². The van der Waals surface area contributed by atoms with Gasteiger partial charge in [-0.1, -0.05) is 49.4 Å². The first-order chi connectivity index (χ1) is 9.58. The molecule has 1 N–H and O–H groups in total. The first kappa shape index (κ1) is 16.0. The number of benzene rings is 1.